The lowest BCUT2D eigenvalue weighted by atomic mass is 10.0. The van der Waals surface area contributed by atoms with Gasteiger partial charge in [0, 0.05) is 36.5 Å². The van der Waals surface area contributed by atoms with Crippen LogP contribution in [0.3, 0.4) is 0 Å². The van der Waals surface area contributed by atoms with Crippen LogP contribution < -0.4 is 0 Å². The summed E-state index contributed by atoms with van der Waals surface area (Å²) in [4.78, 5) is 20.0. The van der Waals surface area contributed by atoms with Crippen LogP contribution in [0.25, 0.3) is 10.9 Å². The molecule has 1 aromatic carbocycles. The first-order valence-electron chi connectivity index (χ1n) is 9.34. The number of nitrogens with zero attached hydrogens (tertiary/aromatic N) is 5. The van der Waals surface area contributed by atoms with Gasteiger partial charge >= 0.3 is 0 Å². The van der Waals surface area contributed by atoms with Gasteiger partial charge in [0.05, 0.1) is 17.6 Å². The zero-order chi connectivity index (χ0) is 17.7. The van der Waals surface area contributed by atoms with E-state index in [0.29, 0.717) is 19.0 Å². The van der Waals surface area contributed by atoms with Gasteiger partial charge in [-0.25, -0.2) is 0 Å². The smallest absolute Gasteiger partial charge is 0.255 e. The molecule has 0 unspecified atom stereocenters. The Bertz CT molecular complexity index is 1000. The van der Waals surface area contributed by atoms with Crippen molar-refractivity contribution in [2.45, 2.75) is 45.2 Å². The van der Waals surface area contributed by atoms with E-state index >= 15 is 0 Å². The maximum Gasteiger partial charge on any atom is 0.255 e. The third-order valence-corrected chi connectivity index (χ3v) is 5.40. The van der Waals surface area contributed by atoms with Gasteiger partial charge in [-0.2, -0.15) is 0 Å². The number of carbonyl (C=O) groups is 1. The molecular weight excluding hydrogens is 326 g/mol. The molecular formula is C20H21N5O. The zero-order valence-corrected chi connectivity index (χ0v) is 14.9. The Hall–Kier alpha value is -2.76. The van der Waals surface area contributed by atoms with Gasteiger partial charge in [-0.05, 0) is 25.0 Å². The van der Waals surface area contributed by atoms with Crippen molar-refractivity contribution in [3.63, 3.8) is 0 Å². The minimum absolute atomic E-state index is 0.0674. The first-order chi connectivity index (χ1) is 12.7. The highest BCUT2D eigenvalue weighted by Gasteiger charge is 2.29. The molecule has 132 valence electrons. The van der Waals surface area contributed by atoms with Crippen LogP contribution in [0.2, 0.25) is 0 Å². The molecule has 6 heteroatoms. The molecule has 1 aliphatic heterocycles. The molecule has 0 spiro atoms. The van der Waals surface area contributed by atoms with Crippen LogP contribution in [0.15, 0.2) is 30.3 Å². The molecule has 0 N–H and O–H groups in total. The van der Waals surface area contributed by atoms with E-state index in [-0.39, 0.29) is 5.91 Å². The van der Waals surface area contributed by atoms with Crippen molar-refractivity contribution in [2.24, 2.45) is 0 Å². The Balaban J connectivity index is 1.52. The first-order valence-corrected chi connectivity index (χ1v) is 9.34. The fourth-order valence-electron chi connectivity index (χ4n) is 3.78. The standard InChI is InChI=1S/C20H21N5O/c1-2-18-22-23-19-12-24(9-10-25(18)19)20(26)15-11-17(13-7-8-13)21-16-6-4-3-5-14(15)16/h3-6,11,13H,2,7-10,12H2,1H3. The summed E-state index contributed by atoms with van der Waals surface area (Å²) < 4.78 is 2.14. The maximum atomic E-state index is 13.3. The number of hydrogen-bond acceptors (Lipinski definition) is 4. The van der Waals surface area contributed by atoms with Crippen LogP contribution in [0.5, 0.6) is 0 Å². The predicted octanol–water partition coefficient (Wildman–Crippen LogP) is 2.92. The van der Waals surface area contributed by atoms with E-state index in [4.69, 9.17) is 4.98 Å². The molecule has 0 atom stereocenters. The Morgan fingerprint density at radius 1 is 1.19 bits per heavy atom. The molecule has 1 amide bonds. The van der Waals surface area contributed by atoms with Gasteiger partial charge in [-0.15, -0.1) is 10.2 Å². The van der Waals surface area contributed by atoms with Crippen LogP contribution >= 0.6 is 0 Å². The summed E-state index contributed by atoms with van der Waals surface area (Å²) >= 11 is 0. The summed E-state index contributed by atoms with van der Waals surface area (Å²) in [5.41, 5.74) is 2.73. The van der Waals surface area contributed by atoms with E-state index in [1.54, 1.807) is 0 Å². The number of para-hydroxylation sites is 1. The van der Waals surface area contributed by atoms with Crippen LogP contribution in [-0.4, -0.2) is 37.1 Å². The Kier molecular flexibility index (Phi) is 3.51. The molecule has 1 saturated carbocycles. The second-order valence-electron chi connectivity index (χ2n) is 7.15. The summed E-state index contributed by atoms with van der Waals surface area (Å²) in [6.45, 7) is 4.04. The van der Waals surface area contributed by atoms with Crippen LogP contribution in [-0.2, 0) is 19.5 Å². The molecule has 0 bridgehead atoms. The Labute approximate surface area is 151 Å². The number of rotatable bonds is 3. The van der Waals surface area contributed by atoms with Gasteiger partial charge in [0.2, 0.25) is 0 Å². The van der Waals surface area contributed by atoms with E-state index in [9.17, 15) is 4.79 Å². The largest absolute Gasteiger partial charge is 0.329 e. The number of amides is 1. The first kappa shape index (κ1) is 15.5. The van der Waals surface area contributed by atoms with Crippen molar-refractivity contribution in [3.05, 3.63) is 53.2 Å². The number of benzene rings is 1. The Morgan fingerprint density at radius 3 is 2.85 bits per heavy atom. The summed E-state index contributed by atoms with van der Waals surface area (Å²) in [6.07, 6.45) is 3.21. The van der Waals surface area contributed by atoms with Crippen molar-refractivity contribution < 1.29 is 4.79 Å². The molecule has 6 nitrogen and oxygen atoms in total. The average Bonchev–Trinajstić information content (AvgIpc) is 3.46. The monoisotopic (exact) mass is 347 g/mol. The second-order valence-corrected chi connectivity index (χ2v) is 7.15. The van der Waals surface area contributed by atoms with Crippen LogP contribution in [0, 0.1) is 0 Å². The fourth-order valence-corrected chi connectivity index (χ4v) is 3.78. The Morgan fingerprint density at radius 2 is 2.04 bits per heavy atom. The SMILES string of the molecule is CCc1nnc2n1CCN(C(=O)c1cc(C3CC3)nc3ccccc13)C2. The van der Waals surface area contributed by atoms with E-state index in [1.165, 1.54) is 12.8 Å². The van der Waals surface area contributed by atoms with Crippen molar-refractivity contribution in [3.8, 4) is 0 Å². The minimum atomic E-state index is 0.0674. The van der Waals surface area contributed by atoms with E-state index in [1.807, 2.05) is 35.2 Å². The quantitative estimate of drug-likeness (QED) is 0.731. The van der Waals surface area contributed by atoms with Crippen molar-refractivity contribution in [1.82, 2.24) is 24.6 Å². The van der Waals surface area contributed by atoms with Gasteiger partial charge in [0.15, 0.2) is 5.82 Å². The molecule has 0 radical (unpaired) electrons. The summed E-state index contributed by atoms with van der Waals surface area (Å²) in [5.74, 6) is 2.46. The number of aromatic nitrogens is 4. The summed E-state index contributed by atoms with van der Waals surface area (Å²) in [5, 5.41) is 9.46. The lowest BCUT2D eigenvalue weighted by Crippen LogP contribution is -2.39. The van der Waals surface area contributed by atoms with Crippen molar-refractivity contribution in [1.29, 1.82) is 0 Å². The molecule has 0 saturated heterocycles. The topological polar surface area (TPSA) is 63.9 Å². The van der Waals surface area contributed by atoms with E-state index in [0.717, 1.165) is 46.8 Å². The van der Waals surface area contributed by atoms with Crippen LogP contribution in [0.1, 0.15) is 53.4 Å². The van der Waals surface area contributed by atoms with Crippen molar-refractivity contribution in [2.75, 3.05) is 6.54 Å². The third kappa shape index (κ3) is 2.48. The molecule has 2 aromatic heterocycles. The molecule has 1 fully saturated rings. The highest BCUT2D eigenvalue weighted by Crippen LogP contribution is 2.40. The lowest BCUT2D eigenvalue weighted by Gasteiger charge is -2.28. The van der Waals surface area contributed by atoms with E-state index < -0.39 is 0 Å². The fraction of sp³-hybridized carbons (Fsp3) is 0.400. The van der Waals surface area contributed by atoms with E-state index in [2.05, 4.69) is 21.7 Å². The normalized spacial score (nSPS) is 16.7. The molecule has 3 aromatic rings. The van der Waals surface area contributed by atoms with Gasteiger partial charge in [-0.1, -0.05) is 25.1 Å². The number of fused-ring (bicyclic) bond motifs is 2. The molecule has 2 aliphatic rings. The number of hydrogen-bond donors (Lipinski definition) is 0. The molecule has 26 heavy (non-hydrogen) atoms. The maximum absolute atomic E-state index is 13.3. The van der Waals surface area contributed by atoms with Crippen LogP contribution in [0.4, 0.5) is 0 Å². The van der Waals surface area contributed by atoms with Gasteiger partial charge in [-0.3, -0.25) is 9.78 Å². The highest BCUT2D eigenvalue weighted by atomic mass is 16.2. The summed E-state index contributed by atoms with van der Waals surface area (Å²) in [6, 6.07) is 9.96. The zero-order valence-electron chi connectivity index (χ0n) is 14.9. The molecule has 5 rings (SSSR count). The summed E-state index contributed by atoms with van der Waals surface area (Å²) in [7, 11) is 0. The number of aryl methyl sites for hydroxylation is 1. The number of carbonyl (C=O) groups excluding carboxylic acids is 1. The van der Waals surface area contributed by atoms with Gasteiger partial charge in [0.1, 0.15) is 5.82 Å². The molecule has 1 aliphatic carbocycles. The third-order valence-electron chi connectivity index (χ3n) is 5.40. The number of pyridine rings is 1. The minimum Gasteiger partial charge on any atom is -0.329 e. The van der Waals surface area contributed by atoms with Gasteiger partial charge in [0.25, 0.3) is 5.91 Å². The van der Waals surface area contributed by atoms with Gasteiger partial charge < -0.3 is 9.47 Å². The molecule has 3 heterocycles. The average molecular weight is 347 g/mol. The van der Waals surface area contributed by atoms with Crippen molar-refractivity contribution >= 4 is 16.8 Å². The second kappa shape index (κ2) is 5.90. The lowest BCUT2D eigenvalue weighted by molar-refractivity contribution is 0.0708. The highest BCUT2D eigenvalue weighted by molar-refractivity contribution is 6.06. The predicted molar refractivity (Wildman–Crippen MR) is 97.9 cm³/mol.